The zero-order valence-corrected chi connectivity index (χ0v) is 23.2. The topological polar surface area (TPSA) is 29.5 Å². The average Bonchev–Trinajstić information content (AvgIpc) is 2.77. The molecule has 0 radical (unpaired) electrons. The van der Waals surface area contributed by atoms with Crippen LogP contribution in [0.5, 0.6) is 11.5 Å². The van der Waals surface area contributed by atoms with Gasteiger partial charge < -0.3 is 9.84 Å². The van der Waals surface area contributed by atoms with E-state index in [0.717, 1.165) is 26.9 Å². The maximum absolute atomic E-state index is 11.2. The van der Waals surface area contributed by atoms with Crippen LogP contribution in [-0.4, -0.2) is 12.2 Å². The molecule has 0 spiro atoms. The van der Waals surface area contributed by atoms with Crippen molar-refractivity contribution in [2.45, 2.75) is 65.2 Å². The Balaban J connectivity index is 2.25. The van der Waals surface area contributed by atoms with E-state index in [2.05, 4.69) is 119 Å². The van der Waals surface area contributed by atoms with Crippen LogP contribution in [0.4, 0.5) is 0 Å². The summed E-state index contributed by atoms with van der Waals surface area (Å²) in [6.07, 6.45) is 2.26. The molecule has 0 heterocycles. The number of allylic oxidation sites excluding steroid dienone is 1. The van der Waals surface area contributed by atoms with E-state index in [4.69, 9.17) is 4.74 Å². The van der Waals surface area contributed by atoms with Gasteiger partial charge in [-0.3, -0.25) is 0 Å². The standard InChI is InChI=1S/C31H37BrO2/c1-20-9-11-21(12-10-20)25(19-28(32)22-13-15-24(34-8)16-14-22)23-17-26(30(2,3)4)29(33)27(18-23)31(5,6)7/h9-19,25,33H,1-8H3. The molecule has 0 aliphatic heterocycles. The van der Waals surface area contributed by atoms with E-state index in [1.807, 2.05) is 12.1 Å². The van der Waals surface area contributed by atoms with E-state index in [-0.39, 0.29) is 16.7 Å². The lowest BCUT2D eigenvalue weighted by molar-refractivity contribution is 0.415. The number of phenolic OH excluding ortho intramolecular Hbond substituents is 1. The van der Waals surface area contributed by atoms with Crippen molar-refractivity contribution < 1.29 is 9.84 Å². The Hall–Kier alpha value is -2.52. The SMILES string of the molecule is COc1ccc(C(Br)=CC(c2ccc(C)cc2)c2cc(C(C)(C)C)c(O)c(C(C)(C)C)c2)cc1. The van der Waals surface area contributed by atoms with Gasteiger partial charge in [0.1, 0.15) is 11.5 Å². The fourth-order valence-electron chi connectivity index (χ4n) is 4.13. The first-order valence-electron chi connectivity index (χ1n) is 11.8. The van der Waals surface area contributed by atoms with Gasteiger partial charge in [0.05, 0.1) is 7.11 Å². The zero-order valence-electron chi connectivity index (χ0n) is 21.7. The Bertz CT molecular complexity index is 1120. The number of benzene rings is 3. The predicted octanol–water partition coefficient (Wildman–Crippen LogP) is 8.87. The Morgan fingerprint density at radius 3 is 1.76 bits per heavy atom. The number of ether oxygens (including phenoxy) is 1. The largest absolute Gasteiger partial charge is 0.507 e. The number of phenols is 1. The summed E-state index contributed by atoms with van der Waals surface area (Å²) in [6.45, 7) is 15.0. The van der Waals surface area contributed by atoms with Crippen molar-refractivity contribution in [3.63, 3.8) is 0 Å². The van der Waals surface area contributed by atoms with Crippen molar-refractivity contribution >= 4 is 20.4 Å². The molecular formula is C31H37BrO2. The number of methoxy groups -OCH3 is 1. The monoisotopic (exact) mass is 520 g/mol. The molecule has 0 saturated carbocycles. The van der Waals surface area contributed by atoms with Gasteiger partial charge in [0.25, 0.3) is 0 Å². The molecule has 1 N–H and O–H groups in total. The molecule has 0 fully saturated rings. The first kappa shape index (κ1) is 26.1. The summed E-state index contributed by atoms with van der Waals surface area (Å²) in [5.41, 5.74) is 6.27. The molecule has 180 valence electrons. The predicted molar refractivity (Wildman–Crippen MR) is 148 cm³/mol. The molecule has 0 aliphatic rings. The highest BCUT2D eigenvalue weighted by Gasteiger charge is 2.28. The molecule has 0 saturated heterocycles. The molecule has 1 unspecified atom stereocenters. The van der Waals surface area contributed by atoms with E-state index >= 15 is 0 Å². The van der Waals surface area contributed by atoms with Crippen LogP contribution < -0.4 is 4.74 Å². The van der Waals surface area contributed by atoms with Crippen molar-refractivity contribution in [3.8, 4) is 11.5 Å². The highest BCUT2D eigenvalue weighted by Crippen LogP contribution is 2.43. The maximum Gasteiger partial charge on any atom is 0.123 e. The van der Waals surface area contributed by atoms with Crippen LogP contribution >= 0.6 is 15.9 Å². The highest BCUT2D eigenvalue weighted by molar-refractivity contribution is 9.15. The van der Waals surface area contributed by atoms with Gasteiger partial charge in [-0.2, -0.15) is 0 Å². The molecule has 0 aromatic heterocycles. The van der Waals surface area contributed by atoms with Gasteiger partial charge in [-0.05, 0) is 57.7 Å². The molecule has 0 bridgehead atoms. The molecule has 3 aromatic rings. The summed E-state index contributed by atoms with van der Waals surface area (Å²) in [4.78, 5) is 0. The third kappa shape index (κ3) is 5.93. The number of hydrogen-bond donors (Lipinski definition) is 1. The van der Waals surface area contributed by atoms with E-state index in [1.54, 1.807) is 7.11 Å². The Morgan fingerprint density at radius 1 is 0.824 bits per heavy atom. The van der Waals surface area contributed by atoms with Gasteiger partial charge >= 0.3 is 0 Å². The van der Waals surface area contributed by atoms with Crippen molar-refractivity contribution in [3.05, 3.63) is 100 Å². The van der Waals surface area contributed by atoms with Gasteiger partial charge in [0.15, 0.2) is 0 Å². The fraction of sp³-hybridized carbons (Fsp3) is 0.355. The normalized spacial score (nSPS) is 13.6. The highest BCUT2D eigenvalue weighted by atomic mass is 79.9. The molecular weight excluding hydrogens is 484 g/mol. The van der Waals surface area contributed by atoms with Crippen LogP contribution in [-0.2, 0) is 10.8 Å². The summed E-state index contributed by atoms with van der Waals surface area (Å²) < 4.78 is 6.34. The van der Waals surface area contributed by atoms with E-state index in [0.29, 0.717) is 5.75 Å². The minimum absolute atomic E-state index is 0.0138. The quantitative estimate of drug-likeness (QED) is 0.363. The van der Waals surface area contributed by atoms with Crippen molar-refractivity contribution in [1.29, 1.82) is 0 Å². The first-order chi connectivity index (χ1) is 15.8. The van der Waals surface area contributed by atoms with Crippen molar-refractivity contribution in [2.24, 2.45) is 0 Å². The van der Waals surface area contributed by atoms with E-state index < -0.39 is 0 Å². The number of aromatic hydroxyl groups is 1. The summed E-state index contributed by atoms with van der Waals surface area (Å²) in [6, 6.07) is 21.1. The average molecular weight is 522 g/mol. The molecule has 1 atom stereocenters. The van der Waals surface area contributed by atoms with Crippen molar-refractivity contribution in [1.82, 2.24) is 0 Å². The lowest BCUT2D eigenvalue weighted by Crippen LogP contribution is -2.18. The van der Waals surface area contributed by atoms with Crippen molar-refractivity contribution in [2.75, 3.05) is 7.11 Å². The lowest BCUT2D eigenvalue weighted by Gasteiger charge is -2.29. The van der Waals surface area contributed by atoms with E-state index in [9.17, 15) is 5.11 Å². The van der Waals surface area contributed by atoms with E-state index in [1.165, 1.54) is 16.7 Å². The Morgan fingerprint density at radius 2 is 1.32 bits per heavy atom. The van der Waals surface area contributed by atoms with Gasteiger partial charge in [0, 0.05) is 10.4 Å². The minimum Gasteiger partial charge on any atom is -0.507 e. The number of aryl methyl sites for hydroxylation is 1. The molecule has 0 aliphatic carbocycles. The number of halogens is 1. The second-order valence-corrected chi connectivity index (χ2v) is 12.0. The van der Waals surface area contributed by atoms with Crippen LogP contribution in [0.25, 0.3) is 4.48 Å². The molecule has 3 heteroatoms. The van der Waals surface area contributed by atoms with Crippen LogP contribution in [0.15, 0.2) is 66.7 Å². The van der Waals surface area contributed by atoms with Crippen LogP contribution in [0.3, 0.4) is 0 Å². The summed E-state index contributed by atoms with van der Waals surface area (Å²) >= 11 is 3.84. The molecule has 3 aromatic carbocycles. The van der Waals surface area contributed by atoms with Crippen LogP contribution in [0.2, 0.25) is 0 Å². The van der Waals surface area contributed by atoms with Gasteiger partial charge in [-0.25, -0.2) is 0 Å². The number of rotatable bonds is 5. The van der Waals surface area contributed by atoms with Gasteiger partial charge in [-0.15, -0.1) is 0 Å². The van der Waals surface area contributed by atoms with Gasteiger partial charge in [0.2, 0.25) is 0 Å². The molecule has 3 rings (SSSR count). The molecule has 34 heavy (non-hydrogen) atoms. The summed E-state index contributed by atoms with van der Waals surface area (Å²) in [7, 11) is 1.68. The second kappa shape index (κ2) is 10.00. The smallest absolute Gasteiger partial charge is 0.123 e. The summed E-state index contributed by atoms with van der Waals surface area (Å²) in [5.74, 6) is 1.26. The number of hydrogen-bond acceptors (Lipinski definition) is 2. The third-order valence-corrected chi connectivity index (χ3v) is 6.94. The van der Waals surface area contributed by atoms with Crippen LogP contribution in [0, 0.1) is 6.92 Å². The molecule has 0 amide bonds. The minimum atomic E-state index is -0.186. The van der Waals surface area contributed by atoms with Gasteiger partial charge in [-0.1, -0.05) is 118 Å². The molecule has 2 nitrogen and oxygen atoms in total. The summed E-state index contributed by atoms with van der Waals surface area (Å²) in [5, 5.41) is 11.2. The first-order valence-corrected chi connectivity index (χ1v) is 12.6. The van der Waals surface area contributed by atoms with Crippen LogP contribution in [0.1, 0.15) is 80.8 Å². The lowest BCUT2D eigenvalue weighted by atomic mass is 9.76. The second-order valence-electron chi connectivity index (χ2n) is 11.1. The zero-order chi connectivity index (χ0) is 25.3. The Kier molecular flexibility index (Phi) is 7.67. The Labute approximate surface area is 213 Å². The maximum atomic E-state index is 11.2. The fourth-order valence-corrected chi connectivity index (χ4v) is 4.66. The third-order valence-electron chi connectivity index (χ3n) is 6.22.